The zero-order valence-corrected chi connectivity index (χ0v) is 8.05. The summed E-state index contributed by atoms with van der Waals surface area (Å²) in [5.74, 6) is 0.758. The second-order valence-corrected chi connectivity index (χ2v) is 3.79. The average molecular weight is 198 g/mol. The minimum Gasteiger partial charge on any atom is -0.488 e. The van der Waals surface area contributed by atoms with E-state index in [0.29, 0.717) is 16.8 Å². The Balaban J connectivity index is 2.10. The number of nitrogen functional groups attached to an aromatic ring is 1. The molecule has 70 valence electrons. The van der Waals surface area contributed by atoms with Gasteiger partial charge in [0, 0.05) is 5.02 Å². The van der Waals surface area contributed by atoms with Crippen LogP contribution in [-0.4, -0.2) is 6.10 Å². The maximum absolute atomic E-state index is 5.77. The summed E-state index contributed by atoms with van der Waals surface area (Å²) in [4.78, 5) is 0. The number of anilines is 1. The SMILES string of the molecule is Nc1cc(Cl)ccc1OC1CCC1. The monoisotopic (exact) mass is 197 g/mol. The molecule has 0 bridgehead atoms. The van der Waals surface area contributed by atoms with Gasteiger partial charge in [0.25, 0.3) is 0 Å². The first-order valence-corrected chi connectivity index (χ1v) is 4.85. The fourth-order valence-corrected chi connectivity index (χ4v) is 1.48. The Hall–Kier alpha value is -0.890. The highest BCUT2D eigenvalue weighted by Gasteiger charge is 2.19. The molecule has 1 aromatic carbocycles. The standard InChI is InChI=1S/C10H12ClNO/c11-7-4-5-10(9(12)6-7)13-8-2-1-3-8/h4-6,8H,1-3,12H2. The molecule has 13 heavy (non-hydrogen) atoms. The lowest BCUT2D eigenvalue weighted by atomic mass is 9.96. The molecule has 0 aromatic heterocycles. The van der Waals surface area contributed by atoms with Crippen molar-refractivity contribution in [3.63, 3.8) is 0 Å². The number of halogens is 1. The van der Waals surface area contributed by atoms with E-state index < -0.39 is 0 Å². The third-order valence-corrected chi connectivity index (χ3v) is 2.55. The van der Waals surface area contributed by atoms with Crippen LogP contribution in [0.2, 0.25) is 5.02 Å². The lowest BCUT2D eigenvalue weighted by molar-refractivity contribution is 0.121. The van der Waals surface area contributed by atoms with Crippen molar-refractivity contribution in [1.29, 1.82) is 0 Å². The van der Waals surface area contributed by atoms with Crippen LogP contribution in [0.4, 0.5) is 5.69 Å². The molecule has 3 heteroatoms. The van der Waals surface area contributed by atoms with E-state index >= 15 is 0 Å². The Morgan fingerprint density at radius 2 is 2.15 bits per heavy atom. The van der Waals surface area contributed by atoms with Crippen LogP contribution >= 0.6 is 11.6 Å². The van der Waals surface area contributed by atoms with E-state index in [1.807, 2.05) is 6.07 Å². The summed E-state index contributed by atoms with van der Waals surface area (Å²) in [6.07, 6.45) is 3.91. The number of nitrogens with two attached hydrogens (primary N) is 1. The molecule has 0 unspecified atom stereocenters. The Labute approximate surface area is 82.6 Å². The van der Waals surface area contributed by atoms with E-state index in [1.54, 1.807) is 12.1 Å². The van der Waals surface area contributed by atoms with E-state index in [1.165, 1.54) is 6.42 Å². The second kappa shape index (κ2) is 3.46. The van der Waals surface area contributed by atoms with Gasteiger partial charge in [0.05, 0.1) is 11.8 Å². The number of rotatable bonds is 2. The van der Waals surface area contributed by atoms with Crippen molar-refractivity contribution in [2.45, 2.75) is 25.4 Å². The zero-order valence-electron chi connectivity index (χ0n) is 7.29. The highest BCUT2D eigenvalue weighted by Crippen LogP contribution is 2.30. The number of ether oxygens (including phenoxy) is 1. The summed E-state index contributed by atoms with van der Waals surface area (Å²) in [5.41, 5.74) is 6.36. The quantitative estimate of drug-likeness (QED) is 0.740. The molecule has 1 saturated carbocycles. The summed E-state index contributed by atoms with van der Waals surface area (Å²) in [7, 11) is 0. The van der Waals surface area contributed by atoms with Crippen molar-refractivity contribution < 1.29 is 4.74 Å². The Morgan fingerprint density at radius 3 is 2.69 bits per heavy atom. The van der Waals surface area contributed by atoms with Gasteiger partial charge in [-0.05, 0) is 37.5 Å². The zero-order chi connectivity index (χ0) is 9.26. The van der Waals surface area contributed by atoms with Crippen LogP contribution in [-0.2, 0) is 0 Å². The molecular formula is C10H12ClNO. The molecule has 1 aliphatic rings. The van der Waals surface area contributed by atoms with Gasteiger partial charge in [-0.1, -0.05) is 11.6 Å². The van der Waals surface area contributed by atoms with Crippen LogP contribution in [0.1, 0.15) is 19.3 Å². The molecular weight excluding hydrogens is 186 g/mol. The van der Waals surface area contributed by atoms with Crippen LogP contribution < -0.4 is 10.5 Å². The molecule has 0 atom stereocenters. The van der Waals surface area contributed by atoms with Gasteiger partial charge in [-0.15, -0.1) is 0 Å². The predicted octanol–water partition coefficient (Wildman–Crippen LogP) is 2.85. The summed E-state index contributed by atoms with van der Waals surface area (Å²) in [6, 6.07) is 5.34. The first-order valence-electron chi connectivity index (χ1n) is 4.47. The number of benzene rings is 1. The van der Waals surface area contributed by atoms with Gasteiger partial charge in [-0.3, -0.25) is 0 Å². The largest absolute Gasteiger partial charge is 0.488 e. The molecule has 0 amide bonds. The average Bonchev–Trinajstić information content (AvgIpc) is 1.99. The van der Waals surface area contributed by atoms with Gasteiger partial charge < -0.3 is 10.5 Å². The molecule has 2 nitrogen and oxygen atoms in total. The van der Waals surface area contributed by atoms with Crippen molar-refractivity contribution in [3.05, 3.63) is 23.2 Å². The van der Waals surface area contributed by atoms with E-state index in [0.717, 1.165) is 18.6 Å². The molecule has 0 spiro atoms. The molecule has 2 rings (SSSR count). The predicted molar refractivity (Wildman–Crippen MR) is 54.1 cm³/mol. The first-order chi connectivity index (χ1) is 6.25. The van der Waals surface area contributed by atoms with Crippen LogP contribution in [0.25, 0.3) is 0 Å². The molecule has 1 aromatic rings. The molecule has 0 heterocycles. The summed E-state index contributed by atoms with van der Waals surface area (Å²) in [5, 5.41) is 0.651. The van der Waals surface area contributed by atoms with Crippen LogP contribution in [0.15, 0.2) is 18.2 Å². The van der Waals surface area contributed by atoms with Crippen molar-refractivity contribution in [1.82, 2.24) is 0 Å². The van der Waals surface area contributed by atoms with E-state index in [2.05, 4.69) is 0 Å². The summed E-state index contributed by atoms with van der Waals surface area (Å²) >= 11 is 5.77. The highest BCUT2D eigenvalue weighted by atomic mass is 35.5. The summed E-state index contributed by atoms with van der Waals surface area (Å²) < 4.78 is 5.65. The maximum Gasteiger partial charge on any atom is 0.142 e. The molecule has 0 aliphatic heterocycles. The van der Waals surface area contributed by atoms with Crippen molar-refractivity contribution in [3.8, 4) is 5.75 Å². The maximum atomic E-state index is 5.77. The lowest BCUT2D eigenvalue weighted by Crippen LogP contribution is -2.24. The van der Waals surface area contributed by atoms with Gasteiger partial charge in [-0.2, -0.15) is 0 Å². The molecule has 0 saturated heterocycles. The minimum atomic E-state index is 0.364. The third kappa shape index (κ3) is 1.89. The summed E-state index contributed by atoms with van der Waals surface area (Å²) in [6.45, 7) is 0. The van der Waals surface area contributed by atoms with E-state index in [4.69, 9.17) is 22.1 Å². The molecule has 2 N–H and O–H groups in total. The van der Waals surface area contributed by atoms with Crippen LogP contribution in [0.5, 0.6) is 5.75 Å². The van der Waals surface area contributed by atoms with Gasteiger partial charge in [0.2, 0.25) is 0 Å². The van der Waals surface area contributed by atoms with Gasteiger partial charge in [0.15, 0.2) is 0 Å². The van der Waals surface area contributed by atoms with E-state index in [-0.39, 0.29) is 0 Å². The van der Waals surface area contributed by atoms with Crippen molar-refractivity contribution >= 4 is 17.3 Å². The fourth-order valence-electron chi connectivity index (χ4n) is 1.29. The van der Waals surface area contributed by atoms with Gasteiger partial charge >= 0.3 is 0 Å². The Bertz CT molecular complexity index is 310. The Kier molecular flexibility index (Phi) is 2.32. The lowest BCUT2D eigenvalue weighted by Gasteiger charge is -2.26. The normalized spacial score (nSPS) is 16.7. The first kappa shape index (κ1) is 8.70. The molecule has 1 aliphatic carbocycles. The topological polar surface area (TPSA) is 35.2 Å². The minimum absolute atomic E-state index is 0.364. The fraction of sp³-hybridized carbons (Fsp3) is 0.400. The number of hydrogen-bond donors (Lipinski definition) is 1. The highest BCUT2D eigenvalue weighted by molar-refractivity contribution is 6.30. The molecule has 0 radical (unpaired) electrons. The van der Waals surface area contributed by atoms with E-state index in [9.17, 15) is 0 Å². The van der Waals surface area contributed by atoms with Gasteiger partial charge in [-0.25, -0.2) is 0 Å². The van der Waals surface area contributed by atoms with Crippen LogP contribution in [0, 0.1) is 0 Å². The van der Waals surface area contributed by atoms with Crippen LogP contribution in [0.3, 0.4) is 0 Å². The van der Waals surface area contributed by atoms with Gasteiger partial charge in [0.1, 0.15) is 5.75 Å². The second-order valence-electron chi connectivity index (χ2n) is 3.35. The third-order valence-electron chi connectivity index (χ3n) is 2.32. The Morgan fingerprint density at radius 1 is 1.38 bits per heavy atom. The van der Waals surface area contributed by atoms with Crippen molar-refractivity contribution in [2.24, 2.45) is 0 Å². The number of hydrogen-bond acceptors (Lipinski definition) is 2. The smallest absolute Gasteiger partial charge is 0.142 e. The molecule has 1 fully saturated rings. The van der Waals surface area contributed by atoms with Crippen molar-refractivity contribution in [2.75, 3.05) is 5.73 Å².